The number of rotatable bonds is 6. The second kappa shape index (κ2) is 10.5. The number of nitrogens with zero attached hydrogens (tertiary/aromatic N) is 4. The van der Waals surface area contributed by atoms with E-state index in [0.29, 0.717) is 10.1 Å². The van der Waals surface area contributed by atoms with Gasteiger partial charge in [0.05, 0.1) is 29.2 Å². The summed E-state index contributed by atoms with van der Waals surface area (Å²) >= 11 is 9.56. The first kappa shape index (κ1) is 24.8. The Morgan fingerprint density at radius 3 is 2.71 bits per heavy atom. The van der Waals surface area contributed by atoms with E-state index < -0.39 is 11.9 Å². The van der Waals surface area contributed by atoms with Gasteiger partial charge in [0.15, 0.2) is 5.49 Å². The van der Waals surface area contributed by atoms with Crippen LogP contribution in [0.2, 0.25) is 5.02 Å². The van der Waals surface area contributed by atoms with Crippen molar-refractivity contribution in [1.29, 1.82) is 0 Å². The molecule has 0 spiro atoms. The Balaban J connectivity index is 2.12. The molecule has 11 heteroatoms. The topological polar surface area (TPSA) is 104 Å². The molecule has 0 fully saturated rings. The van der Waals surface area contributed by atoms with E-state index in [9.17, 15) is 14.4 Å². The van der Waals surface area contributed by atoms with Crippen LogP contribution in [0.5, 0.6) is 0 Å². The lowest BCUT2D eigenvalue weighted by atomic mass is 10.2. The fourth-order valence-corrected chi connectivity index (χ4v) is 4.13. The van der Waals surface area contributed by atoms with Crippen LogP contribution in [0.25, 0.3) is 16.7 Å². The number of carbonyl (C=O) groups excluding carboxylic acids is 2. The van der Waals surface area contributed by atoms with Gasteiger partial charge in [-0.1, -0.05) is 33.6 Å². The smallest absolute Gasteiger partial charge is 0.341 e. The first-order valence-corrected chi connectivity index (χ1v) is 11.8. The van der Waals surface area contributed by atoms with Gasteiger partial charge in [0.25, 0.3) is 11.5 Å². The Hall–Kier alpha value is -3.34. The highest BCUT2D eigenvalue weighted by molar-refractivity contribution is 9.10. The highest BCUT2D eigenvalue weighted by Gasteiger charge is 2.21. The number of carbonyl (C=O) groups is 2. The van der Waals surface area contributed by atoms with Crippen molar-refractivity contribution in [3.05, 3.63) is 85.1 Å². The van der Waals surface area contributed by atoms with Gasteiger partial charge in [-0.25, -0.2) is 9.78 Å². The molecule has 0 radical (unpaired) electrons. The summed E-state index contributed by atoms with van der Waals surface area (Å²) in [5.41, 5.74) is 0.340. The average molecular weight is 560 g/mol. The summed E-state index contributed by atoms with van der Waals surface area (Å²) in [4.78, 5) is 48.3. The summed E-state index contributed by atoms with van der Waals surface area (Å²) in [6.45, 7) is 2.12. The molecule has 0 bridgehead atoms. The third kappa shape index (κ3) is 4.90. The highest BCUT2D eigenvalue weighted by Crippen LogP contribution is 2.22. The molecule has 4 aromatic rings. The standard InChI is InChI=1S/C24H20BrClN4O5/c1-3-35-24(33)17-13-16-20(27-19-6-4-5-9-29(19)23(16)32)30(10-11-34-2)21(17)28-22(31)15-12-14(25)7-8-18(15)26/h4-9,12-13H,3,10-11H2,1-2H3. The van der Waals surface area contributed by atoms with Crippen LogP contribution in [0.3, 0.4) is 0 Å². The number of hydrogen-bond donors (Lipinski definition) is 0. The lowest BCUT2D eigenvalue weighted by molar-refractivity contribution is 0.0523. The Morgan fingerprint density at radius 1 is 1.17 bits per heavy atom. The van der Waals surface area contributed by atoms with Crippen molar-refractivity contribution in [2.75, 3.05) is 20.3 Å². The Labute approximate surface area is 212 Å². The van der Waals surface area contributed by atoms with Gasteiger partial charge in [-0.3, -0.25) is 14.0 Å². The van der Waals surface area contributed by atoms with Crippen LogP contribution >= 0.6 is 27.5 Å². The number of ether oxygens (including phenoxy) is 2. The van der Waals surface area contributed by atoms with Crippen molar-refractivity contribution < 1.29 is 19.1 Å². The molecule has 3 aromatic heterocycles. The molecule has 180 valence electrons. The van der Waals surface area contributed by atoms with Gasteiger partial charge in [-0.15, -0.1) is 0 Å². The number of amides is 1. The molecular weight excluding hydrogens is 540 g/mol. The minimum absolute atomic E-state index is 0.0128. The molecule has 1 aromatic carbocycles. The predicted octanol–water partition coefficient (Wildman–Crippen LogP) is 3.63. The summed E-state index contributed by atoms with van der Waals surface area (Å²) in [7, 11) is 1.51. The van der Waals surface area contributed by atoms with Crippen molar-refractivity contribution in [2.45, 2.75) is 13.5 Å². The molecule has 3 heterocycles. The zero-order valence-corrected chi connectivity index (χ0v) is 21.2. The van der Waals surface area contributed by atoms with Crippen LogP contribution in [-0.2, 0) is 16.0 Å². The molecule has 0 aliphatic carbocycles. The number of fused-ring (bicyclic) bond motifs is 2. The van der Waals surface area contributed by atoms with Crippen molar-refractivity contribution in [3.8, 4) is 0 Å². The molecule has 9 nitrogen and oxygen atoms in total. The summed E-state index contributed by atoms with van der Waals surface area (Å²) in [6.07, 6.45) is 1.59. The summed E-state index contributed by atoms with van der Waals surface area (Å²) in [5, 5.41) is 0.367. The lowest BCUT2D eigenvalue weighted by Crippen LogP contribution is -2.33. The number of halogens is 2. The Morgan fingerprint density at radius 2 is 1.97 bits per heavy atom. The zero-order chi connectivity index (χ0) is 25.1. The van der Waals surface area contributed by atoms with Gasteiger partial charge in [0.1, 0.15) is 16.9 Å². The molecular formula is C24H20BrClN4O5. The highest BCUT2D eigenvalue weighted by atomic mass is 79.9. The van der Waals surface area contributed by atoms with Crippen molar-refractivity contribution in [2.24, 2.45) is 4.99 Å². The molecule has 4 rings (SSSR count). The maximum absolute atomic E-state index is 13.3. The normalized spacial score (nSPS) is 11.8. The maximum Gasteiger partial charge on any atom is 0.341 e. The third-order valence-corrected chi connectivity index (χ3v) is 5.99. The number of esters is 1. The first-order chi connectivity index (χ1) is 16.8. The minimum atomic E-state index is -0.731. The lowest BCUT2D eigenvalue weighted by Gasteiger charge is -2.15. The van der Waals surface area contributed by atoms with E-state index >= 15 is 0 Å². The quantitative estimate of drug-likeness (QED) is 0.264. The average Bonchev–Trinajstić information content (AvgIpc) is 2.85. The first-order valence-electron chi connectivity index (χ1n) is 10.6. The second-order valence-electron chi connectivity index (χ2n) is 7.37. The number of benzene rings is 1. The van der Waals surface area contributed by atoms with Crippen LogP contribution in [0.4, 0.5) is 0 Å². The van der Waals surface area contributed by atoms with Crippen molar-refractivity contribution in [3.63, 3.8) is 0 Å². The van der Waals surface area contributed by atoms with Gasteiger partial charge < -0.3 is 14.0 Å². The maximum atomic E-state index is 13.3. The molecule has 0 aliphatic heterocycles. The largest absolute Gasteiger partial charge is 0.462 e. The van der Waals surface area contributed by atoms with Crippen LogP contribution < -0.4 is 11.0 Å². The molecule has 0 aliphatic rings. The number of pyridine rings is 2. The Kier molecular flexibility index (Phi) is 7.44. The molecule has 0 N–H and O–H groups in total. The van der Waals surface area contributed by atoms with Crippen molar-refractivity contribution >= 4 is 56.1 Å². The SMILES string of the molecule is CCOC(=O)c1cc2c(=O)n3ccccc3nc2n(CCOC)c1=NC(=O)c1cc(Br)ccc1Cl. The van der Waals surface area contributed by atoms with Crippen LogP contribution in [0.15, 0.2) is 62.9 Å². The second-order valence-corrected chi connectivity index (χ2v) is 8.69. The summed E-state index contributed by atoms with van der Waals surface area (Å²) in [5.74, 6) is -1.41. The van der Waals surface area contributed by atoms with Gasteiger partial charge in [0, 0.05) is 24.3 Å². The van der Waals surface area contributed by atoms with Crippen LogP contribution in [0, 0.1) is 0 Å². The molecule has 0 saturated carbocycles. The van der Waals surface area contributed by atoms with Crippen molar-refractivity contribution in [1.82, 2.24) is 14.0 Å². The van der Waals surface area contributed by atoms with E-state index in [0.717, 1.165) is 0 Å². The van der Waals surface area contributed by atoms with Crippen LogP contribution in [0.1, 0.15) is 27.6 Å². The molecule has 1 amide bonds. The van der Waals surface area contributed by atoms with Gasteiger partial charge in [-0.05, 0) is 43.3 Å². The van der Waals surface area contributed by atoms with Crippen LogP contribution in [-0.4, -0.2) is 46.2 Å². The van der Waals surface area contributed by atoms with Gasteiger partial charge >= 0.3 is 5.97 Å². The van der Waals surface area contributed by atoms with E-state index in [4.69, 9.17) is 21.1 Å². The van der Waals surface area contributed by atoms with E-state index in [-0.39, 0.29) is 58.0 Å². The zero-order valence-electron chi connectivity index (χ0n) is 18.8. The van der Waals surface area contributed by atoms with Gasteiger partial charge in [0.2, 0.25) is 0 Å². The third-order valence-electron chi connectivity index (χ3n) is 5.17. The van der Waals surface area contributed by atoms with E-state index in [1.165, 1.54) is 28.2 Å². The molecule has 0 unspecified atom stereocenters. The molecule has 0 atom stereocenters. The fraction of sp³-hybridized carbons (Fsp3) is 0.208. The minimum Gasteiger partial charge on any atom is -0.462 e. The van der Waals surface area contributed by atoms with E-state index in [1.54, 1.807) is 43.5 Å². The predicted molar refractivity (Wildman–Crippen MR) is 134 cm³/mol. The number of aromatic nitrogens is 3. The van der Waals surface area contributed by atoms with E-state index in [1.807, 2.05) is 0 Å². The number of hydrogen-bond acceptors (Lipinski definition) is 6. The van der Waals surface area contributed by atoms with Gasteiger partial charge in [-0.2, -0.15) is 4.99 Å². The fourth-order valence-electron chi connectivity index (χ4n) is 3.57. The number of methoxy groups -OCH3 is 1. The summed E-state index contributed by atoms with van der Waals surface area (Å²) < 4.78 is 14.0. The molecule has 0 saturated heterocycles. The Bertz CT molecular complexity index is 1600. The molecule has 35 heavy (non-hydrogen) atoms. The summed E-state index contributed by atoms with van der Waals surface area (Å²) in [6, 6.07) is 11.3. The monoisotopic (exact) mass is 558 g/mol. The van der Waals surface area contributed by atoms with E-state index in [2.05, 4.69) is 25.9 Å².